The predicted molar refractivity (Wildman–Crippen MR) is 125 cm³/mol. The number of carbonyl (C=O) groups excluding carboxylic acids is 2. The molecule has 2 bridgehead atoms. The second-order valence-electron chi connectivity index (χ2n) is 11.6. The minimum atomic E-state index is -0.442. The second-order valence-corrected chi connectivity index (χ2v) is 11.6. The lowest BCUT2D eigenvalue weighted by Gasteiger charge is -2.40. The van der Waals surface area contributed by atoms with Crippen LogP contribution in [-0.4, -0.2) is 95.5 Å². The summed E-state index contributed by atoms with van der Waals surface area (Å²) in [5.41, 5.74) is -0.883. The molecular weight excluding hydrogens is 408 g/mol. The molecule has 8 nitrogen and oxygen atoms in total. The number of carbonyl (C=O) groups is 2. The largest absolute Gasteiger partial charge is 0.444 e. The van der Waals surface area contributed by atoms with E-state index in [0.717, 1.165) is 71.4 Å². The molecule has 0 radical (unpaired) electrons. The number of nitrogens with one attached hydrogen (secondary N) is 1. The number of ether oxygens (including phenoxy) is 2. The molecule has 3 heterocycles. The van der Waals surface area contributed by atoms with Gasteiger partial charge in [-0.2, -0.15) is 0 Å². The van der Waals surface area contributed by atoms with Crippen LogP contribution in [0.3, 0.4) is 0 Å². The predicted octanol–water partition coefficient (Wildman–Crippen LogP) is 3.45. The topological polar surface area (TPSA) is 74.4 Å². The van der Waals surface area contributed by atoms with E-state index < -0.39 is 11.2 Å². The third-order valence-corrected chi connectivity index (χ3v) is 6.45. The summed E-state index contributed by atoms with van der Waals surface area (Å²) in [6.45, 7) is 16.8. The fraction of sp³-hybridized carbons (Fsp3) is 0.917. The van der Waals surface area contributed by atoms with Gasteiger partial charge < -0.3 is 24.6 Å². The van der Waals surface area contributed by atoms with E-state index in [4.69, 9.17) is 9.47 Å². The van der Waals surface area contributed by atoms with Crippen LogP contribution in [0.2, 0.25) is 0 Å². The molecule has 2 unspecified atom stereocenters. The van der Waals surface area contributed by atoms with Crippen molar-refractivity contribution < 1.29 is 19.1 Å². The zero-order valence-electron chi connectivity index (χ0n) is 21.0. The smallest absolute Gasteiger partial charge is 0.410 e. The molecule has 0 aromatic carbocycles. The first kappa shape index (κ1) is 25.1. The monoisotopic (exact) mass is 452 g/mol. The summed E-state index contributed by atoms with van der Waals surface area (Å²) in [6, 6.07) is 1.10. The SMILES string of the molecule is CC(C)(C)OC(=O)N1CCN(CCCNC2CC3CCC(C2)N3C(=O)OC(C)(C)C)CC1. The number of amides is 2. The molecule has 184 valence electrons. The Balaban J connectivity index is 1.32. The van der Waals surface area contributed by atoms with Crippen molar-refractivity contribution in [2.75, 3.05) is 39.3 Å². The normalized spacial score (nSPS) is 26.9. The molecule has 1 N–H and O–H groups in total. The van der Waals surface area contributed by atoms with Crippen molar-refractivity contribution >= 4 is 12.2 Å². The van der Waals surface area contributed by atoms with E-state index in [1.54, 1.807) is 0 Å². The molecule has 3 aliphatic heterocycles. The molecule has 3 aliphatic rings. The second kappa shape index (κ2) is 10.2. The van der Waals surface area contributed by atoms with Crippen molar-refractivity contribution in [3.05, 3.63) is 0 Å². The number of hydrogen-bond donors (Lipinski definition) is 1. The zero-order chi connectivity index (χ0) is 23.5. The van der Waals surface area contributed by atoms with Crippen LogP contribution in [0, 0.1) is 0 Å². The van der Waals surface area contributed by atoms with Gasteiger partial charge in [0.05, 0.1) is 0 Å². The van der Waals surface area contributed by atoms with Crippen LogP contribution in [0.4, 0.5) is 9.59 Å². The Labute approximate surface area is 193 Å². The van der Waals surface area contributed by atoms with Crippen LogP contribution in [0.15, 0.2) is 0 Å². The van der Waals surface area contributed by atoms with Crippen LogP contribution in [0.1, 0.15) is 73.6 Å². The number of piperidine rings is 1. The average molecular weight is 453 g/mol. The first-order chi connectivity index (χ1) is 14.9. The highest BCUT2D eigenvalue weighted by atomic mass is 16.6. The van der Waals surface area contributed by atoms with Gasteiger partial charge in [0.15, 0.2) is 0 Å². The minimum absolute atomic E-state index is 0.144. The van der Waals surface area contributed by atoms with Gasteiger partial charge >= 0.3 is 12.2 Å². The molecular formula is C24H44N4O4. The molecule has 2 amide bonds. The molecule has 8 heteroatoms. The van der Waals surface area contributed by atoms with Crippen LogP contribution in [0.5, 0.6) is 0 Å². The van der Waals surface area contributed by atoms with Gasteiger partial charge in [-0.3, -0.25) is 4.90 Å². The molecule has 3 saturated heterocycles. The molecule has 0 aliphatic carbocycles. The first-order valence-corrected chi connectivity index (χ1v) is 12.4. The van der Waals surface area contributed by atoms with Gasteiger partial charge in [0, 0.05) is 44.3 Å². The quantitative estimate of drug-likeness (QED) is 0.644. The third kappa shape index (κ3) is 7.24. The van der Waals surface area contributed by atoms with Crippen molar-refractivity contribution in [1.29, 1.82) is 0 Å². The Kier molecular flexibility index (Phi) is 7.97. The van der Waals surface area contributed by atoms with Gasteiger partial charge in [0.1, 0.15) is 11.2 Å². The first-order valence-electron chi connectivity index (χ1n) is 12.4. The molecule has 32 heavy (non-hydrogen) atoms. The van der Waals surface area contributed by atoms with Crippen molar-refractivity contribution in [3.63, 3.8) is 0 Å². The fourth-order valence-electron chi connectivity index (χ4n) is 5.05. The summed E-state index contributed by atoms with van der Waals surface area (Å²) in [7, 11) is 0. The van der Waals surface area contributed by atoms with Crippen LogP contribution < -0.4 is 5.32 Å². The lowest BCUT2D eigenvalue weighted by Crippen LogP contribution is -2.53. The van der Waals surface area contributed by atoms with Crippen molar-refractivity contribution in [3.8, 4) is 0 Å². The van der Waals surface area contributed by atoms with E-state index >= 15 is 0 Å². The number of fused-ring (bicyclic) bond motifs is 2. The Morgan fingerprint density at radius 3 is 1.91 bits per heavy atom. The molecule has 0 saturated carbocycles. The van der Waals surface area contributed by atoms with E-state index in [1.807, 2.05) is 51.3 Å². The zero-order valence-corrected chi connectivity index (χ0v) is 21.0. The molecule has 0 aromatic rings. The Hall–Kier alpha value is -1.54. The molecule has 2 atom stereocenters. The van der Waals surface area contributed by atoms with Gasteiger partial charge in [-0.15, -0.1) is 0 Å². The maximum atomic E-state index is 12.6. The molecule has 3 rings (SSSR count). The van der Waals surface area contributed by atoms with Crippen LogP contribution >= 0.6 is 0 Å². The lowest BCUT2D eigenvalue weighted by atomic mass is 9.97. The van der Waals surface area contributed by atoms with Gasteiger partial charge in [-0.1, -0.05) is 0 Å². The van der Waals surface area contributed by atoms with Gasteiger partial charge in [-0.05, 0) is 86.7 Å². The number of hydrogen-bond acceptors (Lipinski definition) is 6. The van der Waals surface area contributed by atoms with E-state index in [0.29, 0.717) is 18.1 Å². The lowest BCUT2D eigenvalue weighted by molar-refractivity contribution is 0.00440. The number of rotatable bonds is 5. The number of nitrogens with zero attached hydrogens (tertiary/aromatic N) is 3. The van der Waals surface area contributed by atoms with Gasteiger partial charge in [0.25, 0.3) is 0 Å². The van der Waals surface area contributed by atoms with Crippen LogP contribution in [0.25, 0.3) is 0 Å². The highest BCUT2D eigenvalue weighted by Crippen LogP contribution is 2.36. The summed E-state index contributed by atoms with van der Waals surface area (Å²) >= 11 is 0. The summed E-state index contributed by atoms with van der Waals surface area (Å²) in [4.78, 5) is 31.0. The molecule has 0 spiro atoms. The summed E-state index contributed by atoms with van der Waals surface area (Å²) in [6.07, 6.45) is 4.96. The van der Waals surface area contributed by atoms with Crippen molar-refractivity contribution in [2.45, 2.75) is 103 Å². The van der Waals surface area contributed by atoms with Crippen molar-refractivity contribution in [1.82, 2.24) is 20.0 Å². The molecule has 0 aromatic heterocycles. The minimum Gasteiger partial charge on any atom is -0.444 e. The van der Waals surface area contributed by atoms with E-state index in [2.05, 4.69) is 10.2 Å². The van der Waals surface area contributed by atoms with E-state index in [1.165, 1.54) is 0 Å². The molecule has 3 fully saturated rings. The Morgan fingerprint density at radius 1 is 0.844 bits per heavy atom. The van der Waals surface area contributed by atoms with Crippen molar-refractivity contribution in [2.24, 2.45) is 0 Å². The maximum Gasteiger partial charge on any atom is 0.410 e. The summed E-state index contributed by atoms with van der Waals surface area (Å²) < 4.78 is 11.1. The Bertz CT molecular complexity index is 635. The van der Waals surface area contributed by atoms with Crippen LogP contribution in [-0.2, 0) is 9.47 Å². The highest BCUT2D eigenvalue weighted by molar-refractivity contribution is 5.69. The summed E-state index contributed by atoms with van der Waals surface area (Å²) in [5, 5.41) is 3.73. The fourth-order valence-corrected chi connectivity index (χ4v) is 5.05. The maximum absolute atomic E-state index is 12.6. The standard InChI is InChI=1S/C24H44N4O4/c1-23(2,3)31-21(29)27-14-12-26(13-15-27)11-7-10-25-18-16-19-8-9-20(17-18)28(19)22(30)32-24(4,5)6/h18-20,25H,7-17H2,1-6H3. The Morgan fingerprint density at radius 2 is 1.38 bits per heavy atom. The number of piperazine rings is 1. The third-order valence-electron chi connectivity index (χ3n) is 6.45. The van der Waals surface area contributed by atoms with Gasteiger partial charge in [0.2, 0.25) is 0 Å². The van der Waals surface area contributed by atoms with Gasteiger partial charge in [-0.25, -0.2) is 9.59 Å². The summed E-state index contributed by atoms with van der Waals surface area (Å²) in [5.74, 6) is 0. The highest BCUT2D eigenvalue weighted by Gasteiger charge is 2.44. The van der Waals surface area contributed by atoms with E-state index in [-0.39, 0.29) is 12.2 Å². The van der Waals surface area contributed by atoms with E-state index in [9.17, 15) is 9.59 Å². The average Bonchev–Trinajstić information content (AvgIpc) is 2.94.